The van der Waals surface area contributed by atoms with Crippen molar-refractivity contribution in [1.82, 2.24) is 24.2 Å². The van der Waals surface area contributed by atoms with Gasteiger partial charge in [0.1, 0.15) is 12.3 Å². The quantitative estimate of drug-likeness (QED) is 0.212. The summed E-state index contributed by atoms with van der Waals surface area (Å²) in [5.41, 5.74) is 4.24. The summed E-state index contributed by atoms with van der Waals surface area (Å²) in [5, 5.41) is 5.43. The number of ether oxygens (including phenoxy) is 3. The van der Waals surface area contributed by atoms with E-state index >= 15 is 0 Å². The highest BCUT2D eigenvalue weighted by molar-refractivity contribution is 7.85. The Morgan fingerprint density at radius 3 is 2.55 bits per heavy atom. The van der Waals surface area contributed by atoms with Gasteiger partial charge in [0.15, 0.2) is 11.6 Å². The summed E-state index contributed by atoms with van der Waals surface area (Å²) in [6, 6.07) is 8.95. The Morgan fingerprint density at radius 1 is 1.05 bits per heavy atom. The number of halogens is 1. The number of aromatic nitrogens is 4. The van der Waals surface area contributed by atoms with Crippen LogP contribution >= 0.6 is 0 Å². The number of fused-ring (bicyclic) bond motifs is 1. The van der Waals surface area contributed by atoms with E-state index in [0.29, 0.717) is 31.1 Å². The predicted molar refractivity (Wildman–Crippen MR) is 163 cm³/mol. The molecule has 0 spiro atoms. The Hall–Kier alpha value is -3.12. The minimum Gasteiger partial charge on any atom is -0.488 e. The zero-order chi connectivity index (χ0) is 29.7. The van der Waals surface area contributed by atoms with Gasteiger partial charge >= 0.3 is 0 Å². The molecule has 0 amide bonds. The first kappa shape index (κ1) is 30.3. The third kappa shape index (κ3) is 7.08. The zero-order valence-electron chi connectivity index (χ0n) is 24.8. The van der Waals surface area contributed by atoms with Crippen molar-refractivity contribution < 1.29 is 22.8 Å². The zero-order valence-corrected chi connectivity index (χ0v) is 25.7. The second-order valence-electron chi connectivity index (χ2n) is 11.2. The summed E-state index contributed by atoms with van der Waals surface area (Å²) < 4.78 is 46.6. The summed E-state index contributed by atoms with van der Waals surface area (Å²) in [5.74, 6) is 1.22. The van der Waals surface area contributed by atoms with Crippen LogP contribution in [0.5, 0.6) is 5.75 Å². The maximum absolute atomic E-state index is 15.0. The van der Waals surface area contributed by atoms with Gasteiger partial charge in [0.05, 0.1) is 37.4 Å². The smallest absolute Gasteiger partial charge is 0.165 e. The topological polar surface area (TPSA) is 83.6 Å². The largest absolute Gasteiger partial charge is 0.488 e. The van der Waals surface area contributed by atoms with Crippen LogP contribution in [0.15, 0.2) is 48.9 Å². The minimum absolute atomic E-state index is 0.0158. The predicted octanol–water partition coefficient (Wildman–Crippen LogP) is 4.38. The molecule has 0 saturated carbocycles. The molecule has 0 unspecified atom stereocenters. The van der Waals surface area contributed by atoms with Gasteiger partial charge in [-0.3, -0.25) is 18.4 Å². The molecule has 0 N–H and O–H groups in total. The average molecular weight is 598 g/mol. The van der Waals surface area contributed by atoms with E-state index in [1.165, 1.54) is 11.6 Å². The maximum Gasteiger partial charge on any atom is 0.165 e. The average Bonchev–Trinajstić information content (AvgIpc) is 3.57. The number of aryl methyl sites for hydroxylation is 2. The Balaban J connectivity index is 1.37. The monoisotopic (exact) mass is 597 g/mol. The minimum atomic E-state index is -0.695. The molecule has 9 nitrogen and oxygen atoms in total. The lowest BCUT2D eigenvalue weighted by Gasteiger charge is -2.40. The molecule has 0 aliphatic carbocycles. The van der Waals surface area contributed by atoms with Gasteiger partial charge in [-0.25, -0.2) is 9.37 Å². The van der Waals surface area contributed by atoms with Crippen LogP contribution < -0.4 is 4.74 Å². The molecule has 11 heteroatoms. The Labute approximate surface area is 249 Å². The van der Waals surface area contributed by atoms with Crippen molar-refractivity contribution in [3.8, 4) is 22.7 Å². The van der Waals surface area contributed by atoms with Crippen molar-refractivity contribution in [3.05, 3.63) is 60.3 Å². The molecule has 1 aliphatic heterocycles. The summed E-state index contributed by atoms with van der Waals surface area (Å²) in [4.78, 5) is 7.47. The number of rotatable bonds is 13. The molecule has 0 atom stereocenters. The fourth-order valence-corrected chi connectivity index (χ4v) is 6.38. The van der Waals surface area contributed by atoms with Crippen molar-refractivity contribution in [2.24, 2.45) is 7.05 Å². The third-order valence-corrected chi connectivity index (χ3v) is 9.16. The standard InChI is InChI=1S/C31H40FN5O4S/c1-31(2,36-11-17-42(38)18-12-36)10-9-24-21-37(25-20-33-35(3)22-25)30-26(24)6-7-28(34-30)23-5-8-29(27(32)19-23)41-16-15-40-14-13-39-4/h5-8,19-22H,9-18H2,1-4H3. The van der Waals surface area contributed by atoms with Gasteiger partial charge in [0, 0.05) is 78.4 Å². The third-order valence-electron chi connectivity index (χ3n) is 7.89. The van der Waals surface area contributed by atoms with Gasteiger partial charge in [-0.05, 0) is 62.6 Å². The molecule has 0 radical (unpaired) electrons. The molecule has 5 rings (SSSR count). The number of methoxy groups -OCH3 is 1. The van der Waals surface area contributed by atoms with Crippen LogP contribution in [0.25, 0.3) is 28.0 Å². The highest BCUT2D eigenvalue weighted by Crippen LogP contribution is 2.31. The van der Waals surface area contributed by atoms with Gasteiger partial charge in [-0.2, -0.15) is 5.10 Å². The van der Waals surface area contributed by atoms with Gasteiger partial charge in [0.25, 0.3) is 0 Å². The number of benzene rings is 1. The molecular weight excluding hydrogens is 557 g/mol. The van der Waals surface area contributed by atoms with Crippen LogP contribution in [0.4, 0.5) is 4.39 Å². The van der Waals surface area contributed by atoms with Crippen molar-refractivity contribution in [2.75, 3.05) is 58.1 Å². The van der Waals surface area contributed by atoms with E-state index in [-0.39, 0.29) is 17.9 Å². The van der Waals surface area contributed by atoms with E-state index in [4.69, 9.17) is 19.2 Å². The first-order valence-corrected chi connectivity index (χ1v) is 15.8. The van der Waals surface area contributed by atoms with E-state index in [1.54, 1.807) is 17.9 Å². The molecular formula is C31H40FN5O4S. The van der Waals surface area contributed by atoms with Gasteiger partial charge < -0.3 is 14.2 Å². The second-order valence-corrected chi connectivity index (χ2v) is 12.9. The van der Waals surface area contributed by atoms with Crippen LogP contribution in [-0.4, -0.2) is 92.1 Å². The lowest BCUT2D eigenvalue weighted by Crippen LogP contribution is -2.50. The van der Waals surface area contributed by atoms with E-state index in [2.05, 4.69) is 40.7 Å². The first-order chi connectivity index (χ1) is 20.2. The Bertz CT molecular complexity index is 1530. The number of pyridine rings is 1. The van der Waals surface area contributed by atoms with Crippen LogP contribution in [0, 0.1) is 5.82 Å². The van der Waals surface area contributed by atoms with E-state index < -0.39 is 16.6 Å². The molecule has 0 bridgehead atoms. The van der Waals surface area contributed by atoms with Crippen molar-refractivity contribution in [3.63, 3.8) is 0 Å². The molecule has 1 saturated heterocycles. The first-order valence-electron chi connectivity index (χ1n) is 14.3. The number of nitrogens with zero attached hydrogens (tertiary/aromatic N) is 5. The molecule has 1 aromatic carbocycles. The molecule has 3 aromatic heterocycles. The summed E-state index contributed by atoms with van der Waals surface area (Å²) in [6.45, 7) is 7.86. The maximum atomic E-state index is 15.0. The lowest BCUT2D eigenvalue weighted by atomic mass is 9.93. The highest BCUT2D eigenvalue weighted by atomic mass is 32.2. The summed E-state index contributed by atoms with van der Waals surface area (Å²) in [7, 11) is 2.81. The fraction of sp³-hybridized carbons (Fsp3) is 0.484. The Morgan fingerprint density at radius 2 is 1.83 bits per heavy atom. The lowest BCUT2D eigenvalue weighted by molar-refractivity contribution is 0.0538. The molecule has 42 heavy (non-hydrogen) atoms. The van der Waals surface area contributed by atoms with Gasteiger partial charge in [-0.15, -0.1) is 0 Å². The molecule has 226 valence electrons. The summed E-state index contributed by atoms with van der Waals surface area (Å²) >= 11 is 0. The SMILES string of the molecule is COCCOCCOc1ccc(-c2ccc3c(CCC(C)(C)N4CCS(=O)CC4)cn(-c4cnn(C)c4)c3n2)cc1F. The van der Waals surface area contributed by atoms with Crippen LogP contribution in [-0.2, 0) is 33.7 Å². The van der Waals surface area contributed by atoms with Crippen LogP contribution in [0.2, 0.25) is 0 Å². The van der Waals surface area contributed by atoms with Gasteiger partial charge in [-0.1, -0.05) is 0 Å². The van der Waals surface area contributed by atoms with Crippen molar-refractivity contribution >= 4 is 21.8 Å². The molecule has 1 fully saturated rings. The van der Waals surface area contributed by atoms with Crippen LogP contribution in [0.1, 0.15) is 25.8 Å². The molecule has 4 aromatic rings. The number of hydrogen-bond acceptors (Lipinski definition) is 7. The Kier molecular flexibility index (Phi) is 9.72. The summed E-state index contributed by atoms with van der Waals surface area (Å²) in [6.07, 6.45) is 7.75. The van der Waals surface area contributed by atoms with Crippen molar-refractivity contribution in [1.29, 1.82) is 0 Å². The fourth-order valence-electron chi connectivity index (χ4n) is 5.33. The normalized spacial score (nSPS) is 15.1. The highest BCUT2D eigenvalue weighted by Gasteiger charge is 2.30. The second kappa shape index (κ2) is 13.5. The van der Waals surface area contributed by atoms with E-state index in [0.717, 1.165) is 54.2 Å². The molecule has 4 heterocycles. The number of hydrogen-bond donors (Lipinski definition) is 0. The van der Waals surface area contributed by atoms with E-state index in [1.807, 2.05) is 31.6 Å². The van der Waals surface area contributed by atoms with Gasteiger partial charge in [0.2, 0.25) is 0 Å². The van der Waals surface area contributed by atoms with E-state index in [9.17, 15) is 8.60 Å². The molecule has 1 aliphatic rings. The van der Waals surface area contributed by atoms with Crippen LogP contribution in [0.3, 0.4) is 0 Å². The van der Waals surface area contributed by atoms with Crippen molar-refractivity contribution in [2.45, 2.75) is 32.2 Å².